The van der Waals surface area contributed by atoms with E-state index in [1.165, 1.54) is 44.2 Å². The van der Waals surface area contributed by atoms with Crippen molar-refractivity contribution in [3.8, 4) is 5.75 Å². The van der Waals surface area contributed by atoms with E-state index < -0.39 is 0 Å². The van der Waals surface area contributed by atoms with E-state index in [1.807, 2.05) is 12.1 Å². The van der Waals surface area contributed by atoms with Crippen LogP contribution in [-0.4, -0.2) is 23.6 Å². The summed E-state index contributed by atoms with van der Waals surface area (Å²) in [7, 11) is 2.20. The van der Waals surface area contributed by atoms with Gasteiger partial charge < -0.3 is 10.0 Å². The molecule has 1 saturated carbocycles. The predicted octanol–water partition coefficient (Wildman–Crippen LogP) is 3.40. The lowest BCUT2D eigenvalue weighted by atomic mass is 9.89. The van der Waals surface area contributed by atoms with Crippen molar-refractivity contribution in [3.05, 3.63) is 29.8 Å². The molecule has 2 rings (SSSR count). The maximum absolute atomic E-state index is 9.24. The van der Waals surface area contributed by atoms with E-state index >= 15 is 0 Å². The fraction of sp³-hybridized carbons (Fsp3) is 0.600. The maximum atomic E-state index is 9.24. The van der Waals surface area contributed by atoms with Gasteiger partial charge in [-0.15, -0.1) is 0 Å². The van der Waals surface area contributed by atoms with Gasteiger partial charge in [-0.05, 0) is 43.5 Å². The Morgan fingerprint density at radius 3 is 2.41 bits per heavy atom. The average molecular weight is 233 g/mol. The zero-order chi connectivity index (χ0) is 12.1. The first-order valence-electron chi connectivity index (χ1n) is 6.70. The van der Waals surface area contributed by atoms with Gasteiger partial charge in [-0.3, -0.25) is 0 Å². The summed E-state index contributed by atoms with van der Waals surface area (Å²) in [5.74, 6) is 1.24. The number of nitrogens with zero attached hydrogens (tertiary/aromatic N) is 1. The molecule has 0 bridgehead atoms. The lowest BCUT2D eigenvalue weighted by molar-refractivity contribution is 0.228. The molecule has 0 aromatic heterocycles. The summed E-state index contributed by atoms with van der Waals surface area (Å²) in [6, 6.07) is 7.55. The Kier molecular flexibility index (Phi) is 4.43. The van der Waals surface area contributed by atoms with Gasteiger partial charge >= 0.3 is 0 Å². The fourth-order valence-corrected chi connectivity index (χ4v) is 2.79. The summed E-state index contributed by atoms with van der Waals surface area (Å²) in [6.07, 6.45) is 7.06. The molecule has 0 atom stereocenters. The number of benzene rings is 1. The lowest BCUT2D eigenvalue weighted by Gasteiger charge is -2.27. The number of phenols is 1. The molecular formula is C15H23NO. The van der Waals surface area contributed by atoms with Crippen LogP contribution in [0.2, 0.25) is 0 Å². The Morgan fingerprint density at radius 2 is 1.76 bits per heavy atom. The van der Waals surface area contributed by atoms with Gasteiger partial charge in [0.2, 0.25) is 0 Å². The molecule has 0 saturated heterocycles. The third-order valence-electron chi connectivity index (χ3n) is 3.68. The molecule has 1 aromatic carbocycles. The molecule has 1 N–H and O–H groups in total. The van der Waals surface area contributed by atoms with Crippen molar-refractivity contribution in [2.45, 2.75) is 38.6 Å². The van der Waals surface area contributed by atoms with Gasteiger partial charge in [-0.25, -0.2) is 0 Å². The van der Waals surface area contributed by atoms with Crippen molar-refractivity contribution in [2.24, 2.45) is 5.92 Å². The zero-order valence-electron chi connectivity index (χ0n) is 10.7. The molecule has 1 aromatic rings. The Balaban J connectivity index is 1.79. The molecule has 2 heteroatoms. The molecule has 0 unspecified atom stereocenters. The van der Waals surface area contributed by atoms with E-state index in [2.05, 4.69) is 11.9 Å². The Labute approximate surface area is 104 Å². The normalized spacial score (nSPS) is 17.5. The topological polar surface area (TPSA) is 23.5 Å². The van der Waals surface area contributed by atoms with Crippen LogP contribution < -0.4 is 0 Å². The lowest BCUT2D eigenvalue weighted by Crippen LogP contribution is -2.26. The van der Waals surface area contributed by atoms with E-state index in [9.17, 15) is 5.11 Å². The highest BCUT2D eigenvalue weighted by atomic mass is 16.3. The average Bonchev–Trinajstić information content (AvgIpc) is 2.33. The van der Waals surface area contributed by atoms with Crippen LogP contribution in [0.3, 0.4) is 0 Å². The standard InChI is InChI=1S/C15H23NO/c1-16(11-13-5-3-2-4-6-13)12-14-7-9-15(17)10-8-14/h7-10,13,17H,2-6,11-12H2,1H3. The van der Waals surface area contributed by atoms with Gasteiger partial charge in [0.25, 0.3) is 0 Å². The predicted molar refractivity (Wildman–Crippen MR) is 71.0 cm³/mol. The van der Waals surface area contributed by atoms with E-state index in [0.29, 0.717) is 5.75 Å². The molecule has 0 radical (unpaired) electrons. The number of phenolic OH excluding ortho intramolecular Hbond substituents is 1. The first kappa shape index (κ1) is 12.4. The molecule has 94 valence electrons. The highest BCUT2D eigenvalue weighted by Crippen LogP contribution is 2.24. The number of rotatable bonds is 4. The van der Waals surface area contributed by atoms with Crippen LogP contribution in [0, 0.1) is 5.92 Å². The molecule has 0 heterocycles. The van der Waals surface area contributed by atoms with Crippen LogP contribution in [0.1, 0.15) is 37.7 Å². The van der Waals surface area contributed by atoms with Crippen LogP contribution in [-0.2, 0) is 6.54 Å². The van der Waals surface area contributed by atoms with Crippen LogP contribution in [0.25, 0.3) is 0 Å². The third-order valence-corrected chi connectivity index (χ3v) is 3.68. The minimum Gasteiger partial charge on any atom is -0.508 e. The largest absolute Gasteiger partial charge is 0.508 e. The summed E-state index contributed by atoms with van der Waals surface area (Å²) in [6.45, 7) is 2.19. The van der Waals surface area contributed by atoms with Gasteiger partial charge in [0.05, 0.1) is 0 Å². The molecular weight excluding hydrogens is 210 g/mol. The zero-order valence-corrected chi connectivity index (χ0v) is 10.7. The Bertz CT molecular complexity index is 327. The maximum Gasteiger partial charge on any atom is 0.115 e. The van der Waals surface area contributed by atoms with Crippen molar-refractivity contribution in [1.29, 1.82) is 0 Å². The van der Waals surface area contributed by atoms with Gasteiger partial charge in [0.15, 0.2) is 0 Å². The summed E-state index contributed by atoms with van der Waals surface area (Å²) >= 11 is 0. The summed E-state index contributed by atoms with van der Waals surface area (Å²) in [5.41, 5.74) is 1.28. The number of hydrogen-bond donors (Lipinski definition) is 1. The first-order valence-corrected chi connectivity index (χ1v) is 6.70. The van der Waals surface area contributed by atoms with Crippen LogP contribution in [0.15, 0.2) is 24.3 Å². The van der Waals surface area contributed by atoms with Crippen LogP contribution in [0.5, 0.6) is 5.75 Å². The quantitative estimate of drug-likeness (QED) is 0.861. The molecule has 2 nitrogen and oxygen atoms in total. The van der Waals surface area contributed by atoms with Crippen molar-refractivity contribution < 1.29 is 5.11 Å². The SMILES string of the molecule is CN(Cc1ccc(O)cc1)CC1CCCCC1. The van der Waals surface area contributed by atoms with Crippen molar-refractivity contribution in [2.75, 3.05) is 13.6 Å². The Hall–Kier alpha value is -1.02. The minimum atomic E-state index is 0.351. The second-order valence-electron chi connectivity index (χ2n) is 5.37. The van der Waals surface area contributed by atoms with Gasteiger partial charge in [0.1, 0.15) is 5.75 Å². The summed E-state index contributed by atoms with van der Waals surface area (Å²) < 4.78 is 0. The molecule has 1 aliphatic rings. The number of hydrogen-bond acceptors (Lipinski definition) is 2. The summed E-state index contributed by atoms with van der Waals surface area (Å²) in [4.78, 5) is 2.41. The van der Waals surface area contributed by atoms with Crippen molar-refractivity contribution in [1.82, 2.24) is 4.90 Å². The van der Waals surface area contributed by atoms with Crippen molar-refractivity contribution in [3.63, 3.8) is 0 Å². The first-order chi connectivity index (χ1) is 8.24. The van der Waals surface area contributed by atoms with Crippen LogP contribution >= 0.6 is 0 Å². The van der Waals surface area contributed by atoms with Gasteiger partial charge in [-0.1, -0.05) is 31.4 Å². The molecule has 1 fully saturated rings. The highest BCUT2D eigenvalue weighted by molar-refractivity contribution is 5.25. The molecule has 17 heavy (non-hydrogen) atoms. The van der Waals surface area contributed by atoms with Crippen molar-refractivity contribution >= 4 is 0 Å². The van der Waals surface area contributed by atoms with E-state index in [0.717, 1.165) is 12.5 Å². The fourth-order valence-electron chi connectivity index (χ4n) is 2.79. The Morgan fingerprint density at radius 1 is 1.12 bits per heavy atom. The highest BCUT2D eigenvalue weighted by Gasteiger charge is 2.15. The molecule has 0 amide bonds. The van der Waals surface area contributed by atoms with Gasteiger partial charge in [0, 0.05) is 13.1 Å². The van der Waals surface area contributed by atoms with E-state index in [1.54, 1.807) is 12.1 Å². The summed E-state index contributed by atoms with van der Waals surface area (Å²) in [5, 5.41) is 9.24. The minimum absolute atomic E-state index is 0.351. The van der Waals surface area contributed by atoms with E-state index in [-0.39, 0.29) is 0 Å². The smallest absolute Gasteiger partial charge is 0.115 e. The molecule has 0 spiro atoms. The second kappa shape index (κ2) is 6.06. The monoisotopic (exact) mass is 233 g/mol. The number of aromatic hydroxyl groups is 1. The second-order valence-corrected chi connectivity index (χ2v) is 5.37. The molecule has 0 aliphatic heterocycles. The van der Waals surface area contributed by atoms with Crippen LogP contribution in [0.4, 0.5) is 0 Å². The third kappa shape index (κ3) is 4.04. The van der Waals surface area contributed by atoms with E-state index in [4.69, 9.17) is 0 Å². The molecule has 1 aliphatic carbocycles. The van der Waals surface area contributed by atoms with Gasteiger partial charge in [-0.2, -0.15) is 0 Å².